The van der Waals surface area contributed by atoms with Crippen molar-refractivity contribution < 1.29 is 19.6 Å². The Morgan fingerprint density at radius 3 is 2.74 bits per heavy atom. The average molecular weight is 281 g/mol. The van der Waals surface area contributed by atoms with Crippen LogP contribution in [0.3, 0.4) is 0 Å². The van der Waals surface area contributed by atoms with Gasteiger partial charge in [0.2, 0.25) is 0 Å². The highest BCUT2D eigenvalue weighted by Gasteiger charge is 2.16. The van der Waals surface area contributed by atoms with Crippen molar-refractivity contribution in [1.29, 1.82) is 0 Å². The Morgan fingerprint density at radius 1 is 1.63 bits per heavy atom. The zero-order valence-electron chi connectivity index (χ0n) is 10.1. The fraction of sp³-hybridized carbons (Fsp3) is 0.167. The maximum absolute atomic E-state index is 11.2. The smallest absolute Gasteiger partial charge is 0.333 e. The molecule has 0 heterocycles. The molecule has 100 valence electrons. The lowest BCUT2D eigenvalue weighted by molar-refractivity contribution is -0.385. The maximum atomic E-state index is 11.2. The average Bonchev–Trinajstić information content (AvgIpc) is 2.36. The normalized spacial score (nSPS) is 9.74. The molecule has 7 heteroatoms. The number of aromatic hydroxyl groups is 1. The number of rotatable bonds is 5. The highest BCUT2D eigenvalue weighted by Crippen LogP contribution is 2.28. The van der Waals surface area contributed by atoms with E-state index in [2.05, 4.69) is 18.8 Å². The molecule has 0 fully saturated rings. The fourth-order valence-electron chi connectivity index (χ4n) is 1.27. The Balaban J connectivity index is 3.08. The number of hydrogen-bond donors (Lipinski definition) is 1. The minimum Gasteiger partial charge on any atom is -0.507 e. The van der Waals surface area contributed by atoms with Crippen LogP contribution in [0.15, 0.2) is 24.3 Å². The predicted octanol–water partition coefficient (Wildman–Crippen LogP) is 2.27. The van der Waals surface area contributed by atoms with Gasteiger partial charge in [-0.1, -0.05) is 18.8 Å². The first-order valence-corrected chi connectivity index (χ1v) is 5.62. The Labute approximate surface area is 114 Å². The van der Waals surface area contributed by atoms with Gasteiger partial charge < -0.3 is 9.84 Å². The first kappa shape index (κ1) is 14.8. The van der Waals surface area contributed by atoms with Crippen molar-refractivity contribution in [3.8, 4) is 5.75 Å². The van der Waals surface area contributed by atoms with E-state index in [9.17, 15) is 20.0 Å². The summed E-state index contributed by atoms with van der Waals surface area (Å²) in [7, 11) is 0. The third-order valence-corrected chi connectivity index (χ3v) is 2.50. The number of nitro groups is 1. The van der Waals surface area contributed by atoms with E-state index in [4.69, 9.17) is 4.74 Å². The summed E-state index contributed by atoms with van der Waals surface area (Å²) in [5, 5.41) is 21.7. The number of carbonyl (C=O) groups excluding carboxylic acids is 1. The molecule has 0 saturated heterocycles. The lowest BCUT2D eigenvalue weighted by atomic mass is 10.1. The summed E-state index contributed by atoms with van der Waals surface area (Å²) >= 11 is 4.66. The summed E-state index contributed by atoms with van der Waals surface area (Å²) in [6.07, 6.45) is 0. The fourth-order valence-corrected chi connectivity index (χ4v) is 1.45. The van der Waals surface area contributed by atoms with Gasteiger partial charge in [0.25, 0.3) is 5.69 Å². The third-order valence-electron chi connectivity index (χ3n) is 2.25. The van der Waals surface area contributed by atoms with Crippen LogP contribution in [0.1, 0.15) is 18.1 Å². The maximum Gasteiger partial charge on any atom is 0.333 e. The summed E-state index contributed by atoms with van der Waals surface area (Å²) in [5.41, 5.74) is 0.195. The molecule has 19 heavy (non-hydrogen) atoms. The molecule has 0 saturated carbocycles. The highest BCUT2D eigenvalue weighted by molar-refractivity contribution is 7.79. The largest absolute Gasteiger partial charge is 0.507 e. The van der Waals surface area contributed by atoms with E-state index >= 15 is 0 Å². The number of benzene rings is 1. The van der Waals surface area contributed by atoms with E-state index in [1.807, 2.05) is 0 Å². The molecule has 0 aliphatic carbocycles. The molecule has 1 aromatic carbocycles. The van der Waals surface area contributed by atoms with Gasteiger partial charge in [0.15, 0.2) is 0 Å². The van der Waals surface area contributed by atoms with Crippen molar-refractivity contribution >= 4 is 29.2 Å². The number of nitro benzene ring substituents is 1. The predicted molar refractivity (Wildman–Crippen MR) is 72.1 cm³/mol. The van der Waals surface area contributed by atoms with Crippen LogP contribution < -0.4 is 0 Å². The van der Waals surface area contributed by atoms with Gasteiger partial charge in [-0.25, -0.2) is 4.79 Å². The van der Waals surface area contributed by atoms with E-state index < -0.39 is 10.9 Å². The first-order chi connectivity index (χ1) is 8.86. The summed E-state index contributed by atoms with van der Waals surface area (Å²) in [5.74, 6) is -0.884. The van der Waals surface area contributed by atoms with Crippen molar-refractivity contribution in [2.24, 2.45) is 0 Å². The molecule has 6 nitrogen and oxygen atoms in total. The molecular weight excluding hydrogens is 270 g/mol. The minimum absolute atomic E-state index is 0.111. The van der Waals surface area contributed by atoms with Gasteiger partial charge in [0.05, 0.1) is 4.92 Å². The Kier molecular flexibility index (Phi) is 4.71. The summed E-state index contributed by atoms with van der Waals surface area (Å²) in [4.78, 5) is 21.3. The molecule has 0 aromatic heterocycles. The van der Waals surface area contributed by atoms with Crippen LogP contribution in [-0.2, 0) is 16.1 Å². The van der Waals surface area contributed by atoms with Gasteiger partial charge in [-0.15, -0.1) is 0 Å². The number of hydrogen-bond acceptors (Lipinski definition) is 6. The number of ether oxygens (including phenoxy) is 1. The van der Waals surface area contributed by atoms with Gasteiger partial charge >= 0.3 is 5.97 Å². The monoisotopic (exact) mass is 281 g/mol. The van der Waals surface area contributed by atoms with Crippen molar-refractivity contribution in [3.63, 3.8) is 0 Å². The highest BCUT2D eigenvalue weighted by atomic mass is 32.1. The van der Waals surface area contributed by atoms with Crippen LogP contribution in [0.25, 0.3) is 0 Å². The second-order valence-corrected chi connectivity index (χ2v) is 4.01. The van der Waals surface area contributed by atoms with Crippen LogP contribution in [0, 0.1) is 10.1 Å². The molecule has 0 spiro atoms. The molecule has 1 N–H and O–H groups in total. The molecule has 0 bridgehead atoms. The number of nitrogens with zero attached hydrogens (tertiary/aromatic N) is 1. The molecule has 1 aromatic rings. The minimum atomic E-state index is -0.644. The molecular formula is C12H11NO5S. The zero-order valence-corrected chi connectivity index (χ0v) is 10.9. The van der Waals surface area contributed by atoms with Gasteiger partial charge in [0.1, 0.15) is 12.4 Å². The van der Waals surface area contributed by atoms with Crippen LogP contribution in [0.5, 0.6) is 5.75 Å². The van der Waals surface area contributed by atoms with E-state index in [1.165, 1.54) is 6.92 Å². The summed E-state index contributed by atoms with van der Waals surface area (Å²) in [6.45, 7) is 4.58. The quantitative estimate of drug-likeness (QED) is 0.293. The van der Waals surface area contributed by atoms with Gasteiger partial charge in [-0.2, -0.15) is 0 Å². The third kappa shape index (κ3) is 3.59. The molecule has 0 radical (unpaired) electrons. The van der Waals surface area contributed by atoms with Crippen LogP contribution in [0.4, 0.5) is 5.69 Å². The van der Waals surface area contributed by atoms with Gasteiger partial charge in [-0.3, -0.25) is 10.1 Å². The number of non-ortho nitro benzene ring substituents is 1. The number of carbonyl (C=O) groups is 1. The van der Waals surface area contributed by atoms with Crippen molar-refractivity contribution in [3.05, 3.63) is 45.5 Å². The van der Waals surface area contributed by atoms with Crippen molar-refractivity contribution in [2.75, 3.05) is 0 Å². The number of esters is 1. The lowest BCUT2D eigenvalue weighted by Crippen LogP contribution is -2.06. The topological polar surface area (TPSA) is 89.7 Å². The van der Waals surface area contributed by atoms with E-state index in [0.29, 0.717) is 0 Å². The van der Waals surface area contributed by atoms with Crippen LogP contribution in [-0.4, -0.2) is 21.4 Å². The number of thiocarbonyl (C=S) groups is 1. The van der Waals surface area contributed by atoms with E-state index in [-0.39, 0.29) is 34.7 Å². The first-order valence-electron chi connectivity index (χ1n) is 5.15. The van der Waals surface area contributed by atoms with Gasteiger partial charge in [0, 0.05) is 34.2 Å². The number of phenols is 1. The van der Waals surface area contributed by atoms with Crippen LogP contribution in [0.2, 0.25) is 0 Å². The molecule has 0 atom stereocenters. The van der Waals surface area contributed by atoms with Crippen molar-refractivity contribution in [2.45, 2.75) is 13.5 Å². The summed E-state index contributed by atoms with van der Waals surface area (Å²) < 4.78 is 4.84. The molecule has 0 unspecified atom stereocenters. The Hall–Kier alpha value is -2.28. The Bertz CT molecular complexity index is 567. The van der Waals surface area contributed by atoms with E-state index in [1.54, 1.807) is 0 Å². The number of phenolic OH excluding ortho intramolecular Hbond substituents is 1. The van der Waals surface area contributed by atoms with Crippen molar-refractivity contribution in [1.82, 2.24) is 0 Å². The van der Waals surface area contributed by atoms with E-state index in [0.717, 1.165) is 17.5 Å². The lowest BCUT2D eigenvalue weighted by Gasteiger charge is -2.08. The molecule has 0 aliphatic rings. The molecule has 0 amide bonds. The molecule has 0 aliphatic heterocycles. The second kappa shape index (κ2) is 6.05. The van der Waals surface area contributed by atoms with Gasteiger partial charge in [-0.05, 0) is 6.92 Å². The molecule has 1 rings (SSSR count). The Morgan fingerprint density at radius 2 is 2.26 bits per heavy atom. The van der Waals surface area contributed by atoms with Crippen LogP contribution >= 0.6 is 12.2 Å². The zero-order chi connectivity index (χ0) is 14.6. The SMILES string of the molecule is C=C(C)C(=O)OCc1cc([N+](=O)[O-])cc(C=S)c1O. The summed E-state index contributed by atoms with van der Waals surface area (Å²) in [6, 6.07) is 2.27. The standard InChI is InChI=1S/C12H11NO5S/c1-7(2)12(15)18-5-8-3-10(13(16)17)4-9(6-19)11(8)14/h3-4,6,14H,1,5H2,2H3. The second-order valence-electron chi connectivity index (χ2n) is 3.77.